The number of halogens is 2. The summed E-state index contributed by atoms with van der Waals surface area (Å²) in [5.41, 5.74) is 0.500. The molecule has 0 aliphatic heterocycles. The monoisotopic (exact) mass is 276 g/mol. The van der Waals surface area contributed by atoms with Crippen molar-refractivity contribution in [2.75, 3.05) is 0 Å². The van der Waals surface area contributed by atoms with E-state index in [9.17, 15) is 13.6 Å². The van der Waals surface area contributed by atoms with E-state index in [0.29, 0.717) is 12.2 Å². The number of aldehydes is 1. The molecule has 3 rings (SSSR count). The van der Waals surface area contributed by atoms with Gasteiger partial charge in [-0.2, -0.15) is 5.10 Å². The lowest BCUT2D eigenvalue weighted by atomic mass is 10.1. The Morgan fingerprint density at radius 2 is 2.15 bits per heavy atom. The smallest absolute Gasteiger partial charge is 0.153 e. The van der Waals surface area contributed by atoms with Crippen molar-refractivity contribution < 1.29 is 13.6 Å². The minimum absolute atomic E-state index is 0.0221. The lowest BCUT2D eigenvalue weighted by Crippen LogP contribution is -2.07. The molecule has 0 radical (unpaired) electrons. The van der Waals surface area contributed by atoms with Gasteiger partial charge in [0.1, 0.15) is 17.3 Å². The molecule has 2 aromatic rings. The highest BCUT2D eigenvalue weighted by Crippen LogP contribution is 2.39. The lowest BCUT2D eigenvalue weighted by molar-refractivity contribution is 0.112. The Kier molecular flexibility index (Phi) is 3.12. The average molecular weight is 276 g/mol. The second-order valence-electron chi connectivity index (χ2n) is 5.23. The first kappa shape index (κ1) is 13.0. The first-order valence-electron chi connectivity index (χ1n) is 6.60. The molecule has 1 aliphatic rings. The molecule has 5 heteroatoms. The fraction of sp³-hybridized carbons (Fsp3) is 0.333. The first-order valence-corrected chi connectivity index (χ1v) is 6.60. The quantitative estimate of drug-likeness (QED) is 0.799. The molecule has 20 heavy (non-hydrogen) atoms. The van der Waals surface area contributed by atoms with Gasteiger partial charge in [0.2, 0.25) is 0 Å². The number of hydrogen-bond donors (Lipinski definition) is 0. The molecule has 1 heterocycles. The van der Waals surface area contributed by atoms with E-state index in [2.05, 4.69) is 5.10 Å². The number of rotatable bonds is 4. The van der Waals surface area contributed by atoms with Gasteiger partial charge in [-0.05, 0) is 43.9 Å². The molecule has 0 spiro atoms. The summed E-state index contributed by atoms with van der Waals surface area (Å²) in [6.07, 6.45) is 4.51. The zero-order valence-corrected chi connectivity index (χ0v) is 11.0. The van der Waals surface area contributed by atoms with Crippen LogP contribution in [0.25, 0.3) is 11.3 Å². The second-order valence-corrected chi connectivity index (χ2v) is 5.23. The summed E-state index contributed by atoms with van der Waals surface area (Å²) in [5.74, 6) is -0.582. The highest BCUT2D eigenvalue weighted by atomic mass is 19.1. The van der Waals surface area contributed by atoms with Crippen molar-refractivity contribution in [3.05, 3.63) is 41.6 Å². The van der Waals surface area contributed by atoms with E-state index < -0.39 is 11.6 Å². The molecule has 0 amide bonds. The molecular weight excluding hydrogens is 262 g/mol. The minimum Gasteiger partial charge on any atom is -0.298 e. The van der Waals surface area contributed by atoms with Gasteiger partial charge in [-0.1, -0.05) is 0 Å². The molecule has 104 valence electrons. The van der Waals surface area contributed by atoms with Gasteiger partial charge in [0, 0.05) is 11.8 Å². The van der Waals surface area contributed by atoms with Gasteiger partial charge >= 0.3 is 0 Å². The van der Waals surface area contributed by atoms with E-state index in [0.717, 1.165) is 31.0 Å². The van der Waals surface area contributed by atoms with Crippen LogP contribution in [-0.4, -0.2) is 16.1 Å². The lowest BCUT2D eigenvalue weighted by Gasteiger charge is -2.09. The SMILES string of the molecule is CC(C1CC1)n1cc(C=O)c(-c2cc(F)ccc2F)n1. The minimum atomic E-state index is -0.584. The third kappa shape index (κ3) is 2.24. The van der Waals surface area contributed by atoms with Gasteiger partial charge in [0.15, 0.2) is 6.29 Å². The summed E-state index contributed by atoms with van der Waals surface area (Å²) in [6.45, 7) is 2.02. The molecule has 0 saturated heterocycles. The van der Waals surface area contributed by atoms with Crippen molar-refractivity contribution in [3.8, 4) is 11.3 Å². The molecule has 1 aromatic carbocycles. The highest BCUT2D eigenvalue weighted by molar-refractivity contribution is 5.85. The number of carbonyl (C=O) groups excluding carboxylic acids is 1. The van der Waals surface area contributed by atoms with Crippen molar-refractivity contribution in [2.24, 2.45) is 5.92 Å². The van der Waals surface area contributed by atoms with Gasteiger partial charge in [0.05, 0.1) is 11.6 Å². The zero-order chi connectivity index (χ0) is 14.3. The van der Waals surface area contributed by atoms with Crippen LogP contribution in [0.2, 0.25) is 0 Å². The standard InChI is InChI=1S/C15H14F2N2O/c1-9(10-2-3-10)19-7-11(8-20)15(18-19)13-6-12(16)4-5-14(13)17/h4-10H,2-3H2,1H3. The summed E-state index contributed by atoms with van der Waals surface area (Å²) >= 11 is 0. The van der Waals surface area contributed by atoms with E-state index in [-0.39, 0.29) is 22.9 Å². The molecule has 1 aromatic heterocycles. The van der Waals surface area contributed by atoms with Crippen molar-refractivity contribution in [1.82, 2.24) is 9.78 Å². The summed E-state index contributed by atoms with van der Waals surface area (Å²) < 4.78 is 28.8. The molecule has 1 aliphatic carbocycles. The summed E-state index contributed by atoms with van der Waals surface area (Å²) in [4.78, 5) is 11.1. The Morgan fingerprint density at radius 3 is 2.80 bits per heavy atom. The van der Waals surface area contributed by atoms with Crippen LogP contribution in [-0.2, 0) is 0 Å². The Bertz CT molecular complexity index is 662. The predicted molar refractivity (Wildman–Crippen MR) is 70.4 cm³/mol. The van der Waals surface area contributed by atoms with Crippen LogP contribution in [0.5, 0.6) is 0 Å². The van der Waals surface area contributed by atoms with Crippen LogP contribution >= 0.6 is 0 Å². The Hall–Kier alpha value is -2.04. The maximum absolute atomic E-state index is 13.8. The van der Waals surface area contributed by atoms with Gasteiger partial charge < -0.3 is 0 Å². The zero-order valence-electron chi connectivity index (χ0n) is 11.0. The van der Waals surface area contributed by atoms with Crippen molar-refractivity contribution in [2.45, 2.75) is 25.8 Å². The first-order chi connectivity index (χ1) is 9.60. The number of nitrogens with zero attached hydrogens (tertiary/aromatic N) is 2. The fourth-order valence-corrected chi connectivity index (χ4v) is 2.38. The molecule has 1 unspecified atom stereocenters. The van der Waals surface area contributed by atoms with Crippen LogP contribution in [0.1, 0.15) is 36.2 Å². The van der Waals surface area contributed by atoms with Gasteiger partial charge in [-0.15, -0.1) is 0 Å². The summed E-state index contributed by atoms with van der Waals surface area (Å²) in [5, 5.41) is 4.29. The van der Waals surface area contributed by atoms with E-state index in [1.807, 2.05) is 6.92 Å². The third-order valence-electron chi connectivity index (χ3n) is 3.79. The molecule has 1 atom stereocenters. The topological polar surface area (TPSA) is 34.9 Å². The van der Waals surface area contributed by atoms with Crippen LogP contribution in [0.4, 0.5) is 8.78 Å². The fourth-order valence-electron chi connectivity index (χ4n) is 2.38. The summed E-state index contributed by atoms with van der Waals surface area (Å²) in [6, 6.07) is 3.32. The number of benzene rings is 1. The van der Waals surface area contributed by atoms with Crippen molar-refractivity contribution >= 4 is 6.29 Å². The molecule has 0 N–H and O–H groups in total. The maximum atomic E-state index is 13.8. The van der Waals surface area contributed by atoms with Gasteiger partial charge in [0.25, 0.3) is 0 Å². The summed E-state index contributed by atoms with van der Waals surface area (Å²) in [7, 11) is 0. The Balaban J connectivity index is 2.07. The maximum Gasteiger partial charge on any atom is 0.153 e. The number of hydrogen-bond acceptors (Lipinski definition) is 2. The van der Waals surface area contributed by atoms with E-state index in [1.165, 1.54) is 0 Å². The van der Waals surface area contributed by atoms with Crippen molar-refractivity contribution in [3.63, 3.8) is 0 Å². The molecule has 3 nitrogen and oxygen atoms in total. The normalized spacial score (nSPS) is 16.1. The van der Waals surface area contributed by atoms with Crippen molar-refractivity contribution in [1.29, 1.82) is 0 Å². The van der Waals surface area contributed by atoms with Gasteiger partial charge in [-0.3, -0.25) is 9.48 Å². The molecule has 1 fully saturated rings. The predicted octanol–water partition coefficient (Wildman–Crippen LogP) is 3.61. The average Bonchev–Trinajstić information content (AvgIpc) is 3.20. The number of aromatic nitrogens is 2. The van der Waals surface area contributed by atoms with E-state index in [4.69, 9.17) is 0 Å². The van der Waals surface area contributed by atoms with Crippen LogP contribution in [0.3, 0.4) is 0 Å². The molecule has 1 saturated carbocycles. The molecular formula is C15H14F2N2O. The van der Waals surface area contributed by atoms with Crippen LogP contribution < -0.4 is 0 Å². The van der Waals surface area contributed by atoms with E-state index >= 15 is 0 Å². The molecule has 0 bridgehead atoms. The van der Waals surface area contributed by atoms with E-state index in [1.54, 1.807) is 10.9 Å². The Labute approximate surface area is 115 Å². The van der Waals surface area contributed by atoms with Gasteiger partial charge in [-0.25, -0.2) is 8.78 Å². The van der Waals surface area contributed by atoms with Crippen LogP contribution in [0.15, 0.2) is 24.4 Å². The third-order valence-corrected chi connectivity index (χ3v) is 3.79. The number of carbonyl (C=O) groups is 1. The Morgan fingerprint density at radius 1 is 1.40 bits per heavy atom. The largest absolute Gasteiger partial charge is 0.298 e. The van der Waals surface area contributed by atoms with Crippen LogP contribution in [0, 0.1) is 17.6 Å². The second kappa shape index (κ2) is 4.81. The highest BCUT2D eigenvalue weighted by Gasteiger charge is 2.30.